The van der Waals surface area contributed by atoms with Crippen LogP contribution in [-0.2, 0) is 13.0 Å². The minimum atomic E-state index is 0.120. The van der Waals surface area contributed by atoms with Crippen molar-refractivity contribution in [2.75, 3.05) is 11.4 Å². The van der Waals surface area contributed by atoms with Gasteiger partial charge in [0.05, 0.1) is 0 Å². The summed E-state index contributed by atoms with van der Waals surface area (Å²) >= 11 is 3.53. The lowest BCUT2D eigenvalue weighted by molar-refractivity contribution is 0.101. The van der Waals surface area contributed by atoms with E-state index in [4.69, 9.17) is 0 Å². The van der Waals surface area contributed by atoms with Gasteiger partial charge in [-0.3, -0.25) is 4.79 Å². The molecule has 1 aliphatic rings. The second-order valence-corrected chi connectivity index (χ2v) is 6.43. The molecule has 108 valence electrons. The Balaban J connectivity index is 2.01. The zero-order valence-electron chi connectivity index (χ0n) is 12.1. The molecule has 0 unspecified atom stereocenters. The number of benzene rings is 2. The molecular formula is C18H18BrNO. The number of anilines is 1. The zero-order valence-corrected chi connectivity index (χ0v) is 13.7. The summed E-state index contributed by atoms with van der Waals surface area (Å²) in [7, 11) is 0. The van der Waals surface area contributed by atoms with Crippen LogP contribution in [0.2, 0.25) is 0 Å². The van der Waals surface area contributed by atoms with Crippen molar-refractivity contribution in [2.24, 2.45) is 0 Å². The fraction of sp³-hybridized carbons (Fsp3) is 0.278. The normalized spacial score (nSPS) is 14.5. The van der Waals surface area contributed by atoms with E-state index in [9.17, 15) is 4.79 Å². The van der Waals surface area contributed by atoms with Gasteiger partial charge in [0, 0.05) is 28.8 Å². The standard InChI is InChI=1S/C18H18BrNO/c1-13(21)17-9-8-16(19)11-18(17)20-10-4-7-14-5-2-3-6-15(14)12-20/h2-3,5-6,8-9,11H,4,7,10,12H2,1H3. The first-order chi connectivity index (χ1) is 10.1. The van der Waals surface area contributed by atoms with E-state index < -0.39 is 0 Å². The van der Waals surface area contributed by atoms with Crippen LogP contribution in [0.1, 0.15) is 34.8 Å². The Hall–Kier alpha value is -1.61. The first-order valence-corrected chi connectivity index (χ1v) is 8.06. The van der Waals surface area contributed by atoms with Crippen molar-refractivity contribution >= 4 is 27.4 Å². The molecule has 0 aromatic heterocycles. The third-order valence-electron chi connectivity index (χ3n) is 4.03. The minimum absolute atomic E-state index is 0.120. The summed E-state index contributed by atoms with van der Waals surface area (Å²) in [5, 5.41) is 0. The smallest absolute Gasteiger partial charge is 0.161 e. The predicted molar refractivity (Wildman–Crippen MR) is 90.0 cm³/mol. The summed E-state index contributed by atoms with van der Waals surface area (Å²) in [5.74, 6) is 0.120. The van der Waals surface area contributed by atoms with E-state index in [1.807, 2.05) is 12.1 Å². The Morgan fingerprint density at radius 3 is 2.67 bits per heavy atom. The Bertz CT molecular complexity index is 681. The summed E-state index contributed by atoms with van der Waals surface area (Å²) in [4.78, 5) is 14.2. The summed E-state index contributed by atoms with van der Waals surface area (Å²) in [5.41, 5.74) is 4.63. The van der Waals surface area contributed by atoms with Crippen LogP contribution < -0.4 is 4.90 Å². The van der Waals surface area contributed by atoms with Crippen molar-refractivity contribution in [3.05, 3.63) is 63.6 Å². The molecule has 1 aliphatic heterocycles. The number of nitrogens with zero attached hydrogens (tertiary/aromatic N) is 1. The van der Waals surface area contributed by atoms with E-state index in [0.717, 1.165) is 41.7 Å². The lowest BCUT2D eigenvalue weighted by Gasteiger charge is -2.25. The van der Waals surface area contributed by atoms with Crippen molar-refractivity contribution in [1.29, 1.82) is 0 Å². The van der Waals surface area contributed by atoms with Crippen LogP contribution in [0.15, 0.2) is 46.9 Å². The largest absolute Gasteiger partial charge is 0.367 e. The van der Waals surface area contributed by atoms with Crippen LogP contribution in [0.4, 0.5) is 5.69 Å². The third kappa shape index (κ3) is 3.03. The number of ketones is 1. The molecule has 2 nitrogen and oxygen atoms in total. The highest BCUT2D eigenvalue weighted by Gasteiger charge is 2.18. The van der Waals surface area contributed by atoms with E-state index in [-0.39, 0.29) is 5.78 Å². The molecular weight excluding hydrogens is 326 g/mol. The Kier molecular flexibility index (Phi) is 4.11. The van der Waals surface area contributed by atoms with Gasteiger partial charge in [0.1, 0.15) is 0 Å². The van der Waals surface area contributed by atoms with Gasteiger partial charge in [0.25, 0.3) is 0 Å². The predicted octanol–water partition coefficient (Wildman–Crippen LogP) is 4.60. The van der Waals surface area contributed by atoms with E-state index in [2.05, 4.69) is 51.2 Å². The summed E-state index contributed by atoms with van der Waals surface area (Å²) in [6, 6.07) is 14.5. The molecule has 0 saturated heterocycles. The van der Waals surface area contributed by atoms with Gasteiger partial charge >= 0.3 is 0 Å². The molecule has 0 atom stereocenters. The van der Waals surface area contributed by atoms with Crippen LogP contribution in [0.5, 0.6) is 0 Å². The molecule has 2 aromatic carbocycles. The highest BCUT2D eigenvalue weighted by Crippen LogP contribution is 2.29. The molecule has 3 heteroatoms. The highest BCUT2D eigenvalue weighted by molar-refractivity contribution is 9.10. The number of halogens is 1. The van der Waals surface area contributed by atoms with E-state index >= 15 is 0 Å². The molecule has 0 saturated carbocycles. The van der Waals surface area contributed by atoms with Crippen molar-refractivity contribution in [2.45, 2.75) is 26.3 Å². The average Bonchev–Trinajstić information content (AvgIpc) is 2.68. The van der Waals surface area contributed by atoms with E-state index in [1.165, 1.54) is 11.1 Å². The SMILES string of the molecule is CC(=O)c1ccc(Br)cc1N1CCCc2ccccc2C1. The molecule has 2 aromatic rings. The van der Waals surface area contributed by atoms with Gasteiger partial charge in [-0.1, -0.05) is 40.2 Å². The lowest BCUT2D eigenvalue weighted by Crippen LogP contribution is -2.24. The third-order valence-corrected chi connectivity index (χ3v) is 4.53. The number of rotatable bonds is 2. The minimum Gasteiger partial charge on any atom is -0.367 e. The van der Waals surface area contributed by atoms with Crippen molar-refractivity contribution in [1.82, 2.24) is 0 Å². The van der Waals surface area contributed by atoms with Gasteiger partial charge in [0.2, 0.25) is 0 Å². The topological polar surface area (TPSA) is 20.3 Å². The van der Waals surface area contributed by atoms with Gasteiger partial charge in [0.15, 0.2) is 5.78 Å². The van der Waals surface area contributed by atoms with Crippen molar-refractivity contribution in [3.63, 3.8) is 0 Å². The summed E-state index contributed by atoms with van der Waals surface area (Å²) in [6.07, 6.45) is 2.22. The fourth-order valence-corrected chi connectivity index (χ4v) is 3.32. The quantitative estimate of drug-likeness (QED) is 0.742. The lowest BCUT2D eigenvalue weighted by atomic mass is 10.0. The number of carbonyl (C=O) groups is 1. The zero-order chi connectivity index (χ0) is 14.8. The highest BCUT2D eigenvalue weighted by atomic mass is 79.9. The monoisotopic (exact) mass is 343 g/mol. The first-order valence-electron chi connectivity index (χ1n) is 7.27. The number of hydrogen-bond donors (Lipinski definition) is 0. The Morgan fingerprint density at radius 1 is 1.14 bits per heavy atom. The van der Waals surface area contributed by atoms with Gasteiger partial charge in [-0.15, -0.1) is 0 Å². The number of aryl methyl sites for hydroxylation is 1. The van der Waals surface area contributed by atoms with Crippen molar-refractivity contribution < 1.29 is 4.79 Å². The average molecular weight is 344 g/mol. The van der Waals surface area contributed by atoms with Crippen LogP contribution >= 0.6 is 15.9 Å². The molecule has 0 N–H and O–H groups in total. The fourth-order valence-electron chi connectivity index (χ4n) is 2.97. The Morgan fingerprint density at radius 2 is 1.90 bits per heavy atom. The molecule has 0 radical (unpaired) electrons. The maximum absolute atomic E-state index is 11.9. The molecule has 0 aliphatic carbocycles. The van der Waals surface area contributed by atoms with Gasteiger partial charge in [-0.2, -0.15) is 0 Å². The number of Topliss-reactive ketones (excluding diaryl/α,β-unsaturated/α-hetero) is 1. The van der Waals surface area contributed by atoms with Gasteiger partial charge in [-0.05, 0) is 49.1 Å². The molecule has 3 rings (SSSR count). The van der Waals surface area contributed by atoms with Gasteiger partial charge < -0.3 is 4.90 Å². The second kappa shape index (κ2) is 6.02. The number of carbonyl (C=O) groups excluding carboxylic acids is 1. The molecule has 0 spiro atoms. The van der Waals surface area contributed by atoms with E-state index in [1.54, 1.807) is 6.92 Å². The van der Waals surface area contributed by atoms with E-state index in [0.29, 0.717) is 0 Å². The number of fused-ring (bicyclic) bond motifs is 1. The second-order valence-electron chi connectivity index (χ2n) is 5.51. The van der Waals surface area contributed by atoms with Crippen LogP contribution in [0.3, 0.4) is 0 Å². The van der Waals surface area contributed by atoms with Crippen molar-refractivity contribution in [3.8, 4) is 0 Å². The molecule has 0 bridgehead atoms. The molecule has 0 fully saturated rings. The maximum Gasteiger partial charge on any atom is 0.161 e. The van der Waals surface area contributed by atoms with Gasteiger partial charge in [-0.25, -0.2) is 0 Å². The molecule has 1 heterocycles. The number of hydrogen-bond acceptors (Lipinski definition) is 2. The van der Waals surface area contributed by atoms with Crippen LogP contribution in [0.25, 0.3) is 0 Å². The summed E-state index contributed by atoms with van der Waals surface area (Å²) < 4.78 is 1.01. The first kappa shape index (κ1) is 14.3. The maximum atomic E-state index is 11.9. The molecule has 0 amide bonds. The van der Waals surface area contributed by atoms with Crippen LogP contribution in [0, 0.1) is 0 Å². The van der Waals surface area contributed by atoms with Crippen LogP contribution in [-0.4, -0.2) is 12.3 Å². The Labute approximate surface area is 133 Å². The molecule has 21 heavy (non-hydrogen) atoms. The summed E-state index contributed by atoms with van der Waals surface area (Å²) in [6.45, 7) is 3.48.